The quantitative estimate of drug-likeness (QED) is 0.789. The minimum absolute atomic E-state index is 0.0568. The Balaban J connectivity index is 1.59. The van der Waals surface area contributed by atoms with E-state index in [0.29, 0.717) is 0 Å². The number of rotatable bonds is 3. The zero-order valence-electron chi connectivity index (χ0n) is 16.2. The van der Waals surface area contributed by atoms with Crippen molar-refractivity contribution < 1.29 is 9.47 Å². The maximum Gasteiger partial charge on any atom is 0.126 e. The number of ether oxygens (including phenoxy) is 2. The average molecular weight is 351 g/mol. The molecule has 0 N–H and O–H groups in total. The fraction of sp³-hybridized carbons (Fsp3) is 0.478. The molecule has 1 saturated heterocycles. The summed E-state index contributed by atoms with van der Waals surface area (Å²) in [4.78, 5) is 2.53. The highest BCUT2D eigenvalue weighted by Gasteiger charge is 2.39. The number of hydrogen-bond acceptors (Lipinski definition) is 3. The summed E-state index contributed by atoms with van der Waals surface area (Å²) in [6.45, 7) is 7.83. The lowest BCUT2D eigenvalue weighted by molar-refractivity contribution is -0.0132. The van der Waals surface area contributed by atoms with Gasteiger partial charge in [-0.1, -0.05) is 24.6 Å². The summed E-state index contributed by atoms with van der Waals surface area (Å²) in [7, 11) is 1.74. The molecular weight excluding hydrogens is 322 g/mol. The largest absolute Gasteiger partial charge is 0.496 e. The van der Waals surface area contributed by atoms with Crippen molar-refractivity contribution in [2.24, 2.45) is 0 Å². The van der Waals surface area contributed by atoms with Gasteiger partial charge in [0.05, 0.1) is 7.11 Å². The smallest absolute Gasteiger partial charge is 0.126 e. The first-order chi connectivity index (χ1) is 12.6. The van der Waals surface area contributed by atoms with Crippen LogP contribution in [0.2, 0.25) is 0 Å². The topological polar surface area (TPSA) is 21.7 Å². The predicted molar refractivity (Wildman–Crippen MR) is 106 cm³/mol. The number of nitrogens with zero attached hydrogens (tertiary/aromatic N) is 1. The molecule has 4 rings (SSSR count). The number of likely N-dealkylation sites (tertiary alicyclic amines) is 1. The molecule has 2 heterocycles. The second kappa shape index (κ2) is 6.96. The third-order valence-electron chi connectivity index (χ3n) is 6.12. The normalized spacial score (nSPS) is 19.0. The van der Waals surface area contributed by atoms with E-state index in [0.717, 1.165) is 62.4 Å². The molecule has 0 bridgehead atoms. The molecular formula is C23H29NO2. The fourth-order valence-electron chi connectivity index (χ4n) is 4.36. The number of piperidine rings is 1. The molecule has 26 heavy (non-hydrogen) atoms. The van der Waals surface area contributed by atoms with E-state index in [9.17, 15) is 0 Å². The van der Waals surface area contributed by atoms with Crippen molar-refractivity contribution in [2.45, 2.75) is 45.1 Å². The Morgan fingerprint density at radius 1 is 1.08 bits per heavy atom. The van der Waals surface area contributed by atoms with Crippen molar-refractivity contribution in [3.8, 4) is 22.6 Å². The SMILES string of the molecule is CCN1CCC2(CCc3cc(-c4cc(C)ccc4OC)ccc3O2)CC1. The highest BCUT2D eigenvalue weighted by atomic mass is 16.5. The number of aryl methyl sites for hydroxylation is 2. The van der Waals surface area contributed by atoms with E-state index >= 15 is 0 Å². The van der Waals surface area contributed by atoms with Crippen molar-refractivity contribution in [1.82, 2.24) is 4.90 Å². The summed E-state index contributed by atoms with van der Waals surface area (Å²) < 4.78 is 12.1. The van der Waals surface area contributed by atoms with Crippen LogP contribution >= 0.6 is 0 Å². The molecule has 0 radical (unpaired) electrons. The van der Waals surface area contributed by atoms with Gasteiger partial charge in [0.15, 0.2) is 0 Å². The van der Waals surface area contributed by atoms with E-state index in [4.69, 9.17) is 9.47 Å². The van der Waals surface area contributed by atoms with Gasteiger partial charge in [0.2, 0.25) is 0 Å². The first kappa shape index (κ1) is 17.4. The molecule has 0 aromatic heterocycles. The summed E-state index contributed by atoms with van der Waals surface area (Å²) in [5.74, 6) is 2.01. The molecule has 2 aromatic carbocycles. The first-order valence-electron chi connectivity index (χ1n) is 9.82. The van der Waals surface area contributed by atoms with Gasteiger partial charge in [-0.3, -0.25) is 0 Å². The minimum atomic E-state index is 0.0568. The molecule has 3 nitrogen and oxygen atoms in total. The summed E-state index contributed by atoms with van der Waals surface area (Å²) in [5.41, 5.74) is 5.00. The van der Waals surface area contributed by atoms with E-state index in [1.54, 1.807) is 7.11 Å². The standard InChI is InChI=1S/C23H29NO2/c1-4-24-13-11-23(12-14-24)10-9-19-16-18(6-8-21(19)26-23)20-15-17(2)5-7-22(20)25-3/h5-8,15-16H,4,9-14H2,1-3H3. The van der Waals surface area contributed by atoms with Gasteiger partial charge in [-0.05, 0) is 74.5 Å². The summed E-state index contributed by atoms with van der Waals surface area (Å²) in [5, 5.41) is 0. The fourth-order valence-corrected chi connectivity index (χ4v) is 4.36. The van der Waals surface area contributed by atoms with E-state index in [2.05, 4.69) is 55.1 Å². The van der Waals surface area contributed by atoms with Gasteiger partial charge in [0.1, 0.15) is 17.1 Å². The van der Waals surface area contributed by atoms with Crippen LogP contribution in [-0.4, -0.2) is 37.2 Å². The van der Waals surface area contributed by atoms with Gasteiger partial charge in [-0.2, -0.15) is 0 Å². The molecule has 0 atom stereocenters. The van der Waals surface area contributed by atoms with Crippen molar-refractivity contribution in [3.05, 3.63) is 47.5 Å². The van der Waals surface area contributed by atoms with Crippen LogP contribution in [0.4, 0.5) is 0 Å². The zero-order chi connectivity index (χ0) is 18.1. The van der Waals surface area contributed by atoms with E-state index < -0.39 is 0 Å². The number of methoxy groups -OCH3 is 1. The molecule has 0 amide bonds. The lowest BCUT2D eigenvalue weighted by Gasteiger charge is -2.44. The van der Waals surface area contributed by atoms with Gasteiger partial charge in [-0.15, -0.1) is 0 Å². The summed E-state index contributed by atoms with van der Waals surface area (Å²) >= 11 is 0. The van der Waals surface area contributed by atoms with Crippen LogP contribution in [0.25, 0.3) is 11.1 Å². The van der Waals surface area contributed by atoms with Crippen molar-refractivity contribution in [1.29, 1.82) is 0 Å². The van der Waals surface area contributed by atoms with E-state index in [-0.39, 0.29) is 5.60 Å². The van der Waals surface area contributed by atoms with Crippen molar-refractivity contribution >= 4 is 0 Å². The third kappa shape index (κ3) is 3.21. The molecule has 0 saturated carbocycles. The Morgan fingerprint density at radius 2 is 1.88 bits per heavy atom. The summed E-state index contributed by atoms with van der Waals surface area (Å²) in [6.07, 6.45) is 4.52. The lowest BCUT2D eigenvalue weighted by atomic mass is 9.82. The molecule has 0 unspecified atom stereocenters. The van der Waals surface area contributed by atoms with Gasteiger partial charge < -0.3 is 14.4 Å². The van der Waals surface area contributed by atoms with Gasteiger partial charge in [0, 0.05) is 18.7 Å². The monoisotopic (exact) mass is 351 g/mol. The average Bonchev–Trinajstić information content (AvgIpc) is 2.68. The van der Waals surface area contributed by atoms with E-state index in [1.165, 1.54) is 16.7 Å². The Kier molecular flexibility index (Phi) is 4.66. The van der Waals surface area contributed by atoms with Crippen molar-refractivity contribution in [2.75, 3.05) is 26.7 Å². The third-order valence-corrected chi connectivity index (χ3v) is 6.12. The van der Waals surface area contributed by atoms with Crippen molar-refractivity contribution in [3.63, 3.8) is 0 Å². The van der Waals surface area contributed by atoms with Crippen LogP contribution in [0.3, 0.4) is 0 Å². The highest BCUT2D eigenvalue weighted by Crippen LogP contribution is 2.41. The molecule has 138 valence electrons. The minimum Gasteiger partial charge on any atom is -0.496 e. The summed E-state index contributed by atoms with van der Waals surface area (Å²) in [6, 6.07) is 13.0. The van der Waals surface area contributed by atoms with Crippen LogP contribution in [0.15, 0.2) is 36.4 Å². The first-order valence-corrected chi connectivity index (χ1v) is 9.82. The lowest BCUT2D eigenvalue weighted by Crippen LogP contribution is -2.49. The maximum atomic E-state index is 6.57. The molecule has 2 aromatic rings. The Hall–Kier alpha value is -2.00. The molecule has 3 heteroatoms. The number of fused-ring (bicyclic) bond motifs is 1. The van der Waals surface area contributed by atoms with Crippen LogP contribution in [0.1, 0.15) is 37.3 Å². The van der Waals surface area contributed by atoms with Crippen LogP contribution in [-0.2, 0) is 6.42 Å². The van der Waals surface area contributed by atoms with Gasteiger partial charge in [0.25, 0.3) is 0 Å². The maximum absolute atomic E-state index is 6.57. The van der Waals surface area contributed by atoms with Crippen LogP contribution < -0.4 is 9.47 Å². The molecule has 0 aliphatic carbocycles. The second-order valence-electron chi connectivity index (χ2n) is 7.75. The van der Waals surface area contributed by atoms with Gasteiger partial charge >= 0.3 is 0 Å². The second-order valence-corrected chi connectivity index (χ2v) is 7.75. The molecule has 1 spiro atoms. The highest BCUT2D eigenvalue weighted by molar-refractivity contribution is 5.72. The molecule has 2 aliphatic rings. The Labute approximate surface area is 156 Å². The predicted octanol–water partition coefficient (Wildman–Crippen LogP) is 4.85. The molecule has 2 aliphatic heterocycles. The molecule has 1 fully saturated rings. The zero-order valence-corrected chi connectivity index (χ0v) is 16.2. The van der Waals surface area contributed by atoms with Crippen LogP contribution in [0.5, 0.6) is 11.5 Å². The number of hydrogen-bond donors (Lipinski definition) is 0. The number of benzene rings is 2. The van der Waals surface area contributed by atoms with E-state index in [1.807, 2.05) is 0 Å². The van der Waals surface area contributed by atoms with Crippen LogP contribution in [0, 0.1) is 6.92 Å². The Bertz CT molecular complexity index is 791. The Morgan fingerprint density at radius 3 is 2.62 bits per heavy atom. The van der Waals surface area contributed by atoms with Gasteiger partial charge in [-0.25, -0.2) is 0 Å².